The van der Waals surface area contributed by atoms with Gasteiger partial charge < -0.3 is 15.0 Å². The van der Waals surface area contributed by atoms with Gasteiger partial charge in [-0.15, -0.1) is 0 Å². The van der Waals surface area contributed by atoms with Gasteiger partial charge in [-0.05, 0) is 66.6 Å². The summed E-state index contributed by atoms with van der Waals surface area (Å²) < 4.78 is 5.54. The number of rotatable bonds is 6. The molecule has 4 rings (SSSR count). The van der Waals surface area contributed by atoms with Crippen LogP contribution in [0.4, 0.5) is 11.4 Å². The first-order valence-electron chi connectivity index (χ1n) is 9.78. The first-order chi connectivity index (χ1) is 14.6. The predicted molar refractivity (Wildman–Crippen MR) is 118 cm³/mol. The lowest BCUT2D eigenvalue weighted by Crippen LogP contribution is -2.28. The van der Waals surface area contributed by atoms with E-state index < -0.39 is 0 Å². The molecule has 2 amide bonds. The maximum atomic E-state index is 12.9. The summed E-state index contributed by atoms with van der Waals surface area (Å²) in [6.07, 6.45) is 1.09. The number of hydrogen-bond donors (Lipinski definition) is 1. The molecule has 0 saturated heterocycles. The van der Waals surface area contributed by atoms with E-state index in [-0.39, 0.29) is 24.8 Å². The topological polar surface area (TPSA) is 58.6 Å². The number of hydrogen-bond acceptors (Lipinski definition) is 3. The largest absolute Gasteiger partial charge is 0.493 e. The number of fused-ring (bicyclic) bond motifs is 1. The molecule has 5 nitrogen and oxygen atoms in total. The molecule has 1 N–H and O–H groups in total. The average Bonchev–Trinajstić information content (AvgIpc) is 3.19. The molecule has 1 heterocycles. The molecule has 0 spiro atoms. The molecule has 0 unspecified atom stereocenters. The normalized spacial score (nSPS) is 12.4. The average molecular weight is 421 g/mol. The van der Waals surface area contributed by atoms with Crippen LogP contribution in [0.5, 0.6) is 5.75 Å². The molecule has 0 radical (unpaired) electrons. The fraction of sp³-hybridized carbons (Fsp3) is 0.167. The Balaban J connectivity index is 1.29. The summed E-state index contributed by atoms with van der Waals surface area (Å²) in [5.41, 5.74) is 3.40. The van der Waals surface area contributed by atoms with Gasteiger partial charge >= 0.3 is 0 Å². The molecule has 1 aliphatic rings. The van der Waals surface area contributed by atoms with Crippen LogP contribution in [0.25, 0.3) is 0 Å². The van der Waals surface area contributed by atoms with E-state index >= 15 is 0 Å². The minimum absolute atomic E-state index is 0.0332. The van der Waals surface area contributed by atoms with Crippen molar-refractivity contribution >= 4 is 34.8 Å². The third kappa shape index (κ3) is 4.63. The Bertz CT molecular complexity index is 1050. The Morgan fingerprint density at radius 3 is 2.47 bits per heavy atom. The highest BCUT2D eigenvalue weighted by Gasteiger charge is 2.24. The highest BCUT2D eigenvalue weighted by Crippen LogP contribution is 2.29. The van der Waals surface area contributed by atoms with Crippen molar-refractivity contribution in [3.63, 3.8) is 0 Å². The van der Waals surface area contributed by atoms with Crippen LogP contribution in [0.2, 0.25) is 5.02 Å². The zero-order chi connectivity index (χ0) is 20.9. The maximum Gasteiger partial charge on any atom is 0.258 e. The fourth-order valence-electron chi connectivity index (χ4n) is 3.42. The molecule has 152 valence electrons. The van der Waals surface area contributed by atoms with E-state index in [4.69, 9.17) is 16.3 Å². The molecule has 3 aromatic rings. The summed E-state index contributed by atoms with van der Waals surface area (Å²) in [6, 6.07) is 21.9. The molecule has 0 saturated carbocycles. The van der Waals surface area contributed by atoms with Crippen LogP contribution in [0.15, 0.2) is 72.8 Å². The van der Waals surface area contributed by atoms with Crippen LogP contribution in [0, 0.1) is 0 Å². The van der Waals surface area contributed by atoms with E-state index in [9.17, 15) is 9.59 Å². The molecule has 0 aliphatic carbocycles. The lowest BCUT2D eigenvalue weighted by atomic mass is 10.1. The molecular formula is C24H21ClN2O3. The van der Waals surface area contributed by atoms with E-state index in [0.29, 0.717) is 28.6 Å². The van der Waals surface area contributed by atoms with Gasteiger partial charge in [0.1, 0.15) is 5.75 Å². The zero-order valence-corrected chi connectivity index (χ0v) is 17.1. The van der Waals surface area contributed by atoms with Gasteiger partial charge in [-0.1, -0.05) is 29.8 Å². The van der Waals surface area contributed by atoms with Crippen molar-refractivity contribution in [2.45, 2.75) is 12.8 Å². The molecule has 6 heteroatoms. The smallest absolute Gasteiger partial charge is 0.258 e. The van der Waals surface area contributed by atoms with E-state index in [1.54, 1.807) is 53.4 Å². The molecular weight excluding hydrogens is 400 g/mol. The Morgan fingerprint density at radius 2 is 1.70 bits per heavy atom. The molecule has 0 fully saturated rings. The summed E-state index contributed by atoms with van der Waals surface area (Å²) in [7, 11) is 0. The Labute approximate surface area is 180 Å². The third-order valence-corrected chi connectivity index (χ3v) is 5.21. The number of nitrogens with one attached hydrogen (secondary N) is 1. The maximum absolute atomic E-state index is 12.9. The molecule has 30 heavy (non-hydrogen) atoms. The minimum atomic E-state index is -0.156. The Hall–Kier alpha value is -3.31. The number of amides is 2. The number of carbonyl (C=O) groups is 2. The van der Waals surface area contributed by atoms with Crippen LogP contribution >= 0.6 is 11.6 Å². The molecule has 3 aromatic carbocycles. The van der Waals surface area contributed by atoms with Gasteiger partial charge in [-0.2, -0.15) is 0 Å². The van der Waals surface area contributed by atoms with Crippen molar-refractivity contribution in [2.24, 2.45) is 0 Å². The van der Waals surface area contributed by atoms with Crippen molar-refractivity contribution < 1.29 is 14.3 Å². The van der Waals surface area contributed by atoms with Crippen molar-refractivity contribution in [3.8, 4) is 5.75 Å². The van der Waals surface area contributed by atoms with Gasteiger partial charge in [-0.3, -0.25) is 9.59 Å². The molecule has 1 aliphatic heterocycles. The summed E-state index contributed by atoms with van der Waals surface area (Å²) in [6.45, 7) is 0.947. The highest BCUT2D eigenvalue weighted by atomic mass is 35.5. The second-order valence-electron chi connectivity index (χ2n) is 7.01. The first-order valence-corrected chi connectivity index (χ1v) is 10.2. The van der Waals surface area contributed by atoms with E-state index in [1.807, 2.05) is 18.2 Å². The van der Waals surface area contributed by atoms with Crippen molar-refractivity contribution in [1.82, 2.24) is 0 Å². The molecule has 0 aromatic heterocycles. The summed E-state index contributed by atoms with van der Waals surface area (Å²) >= 11 is 5.83. The monoisotopic (exact) mass is 420 g/mol. The number of ether oxygens (including phenoxy) is 1. The van der Waals surface area contributed by atoms with Crippen molar-refractivity contribution in [2.75, 3.05) is 23.4 Å². The number of halogens is 1. The number of benzene rings is 3. The highest BCUT2D eigenvalue weighted by molar-refractivity contribution is 6.30. The van der Waals surface area contributed by atoms with Crippen LogP contribution in [-0.4, -0.2) is 25.0 Å². The summed E-state index contributed by atoms with van der Waals surface area (Å²) in [5, 5.41) is 3.46. The quantitative estimate of drug-likeness (QED) is 0.613. The van der Waals surface area contributed by atoms with Gasteiger partial charge in [-0.25, -0.2) is 0 Å². The van der Waals surface area contributed by atoms with Crippen LogP contribution in [0.3, 0.4) is 0 Å². The lowest BCUT2D eigenvalue weighted by molar-refractivity contribution is -0.116. The summed E-state index contributed by atoms with van der Waals surface area (Å²) in [4.78, 5) is 26.8. The van der Waals surface area contributed by atoms with Crippen LogP contribution in [0.1, 0.15) is 22.3 Å². The predicted octanol–water partition coefficient (Wildman–Crippen LogP) is 4.95. The van der Waals surface area contributed by atoms with Gasteiger partial charge in [0.25, 0.3) is 5.91 Å². The summed E-state index contributed by atoms with van der Waals surface area (Å²) in [5.74, 6) is 0.476. The standard InChI is InChI=1S/C24H21ClN2O3/c25-19-7-11-21(12-8-19)30-16-14-23(28)26-20-9-5-18(6-10-20)24(29)27-15-13-17-3-1-2-4-22(17)27/h1-12H,13-16H2,(H,26,28). The molecule has 0 bridgehead atoms. The molecule has 0 atom stereocenters. The fourth-order valence-corrected chi connectivity index (χ4v) is 3.54. The Morgan fingerprint density at radius 1 is 0.967 bits per heavy atom. The first kappa shape index (κ1) is 20.0. The van der Waals surface area contributed by atoms with E-state index in [2.05, 4.69) is 11.4 Å². The number of para-hydroxylation sites is 1. The zero-order valence-electron chi connectivity index (χ0n) is 16.3. The van der Waals surface area contributed by atoms with Crippen LogP contribution in [-0.2, 0) is 11.2 Å². The number of anilines is 2. The minimum Gasteiger partial charge on any atom is -0.493 e. The van der Waals surface area contributed by atoms with Crippen LogP contribution < -0.4 is 15.0 Å². The van der Waals surface area contributed by atoms with Gasteiger partial charge in [0.05, 0.1) is 13.0 Å². The SMILES string of the molecule is O=C(CCOc1ccc(Cl)cc1)Nc1ccc(C(=O)N2CCc3ccccc32)cc1. The van der Waals surface area contributed by atoms with Gasteiger partial charge in [0.2, 0.25) is 5.91 Å². The van der Waals surface area contributed by atoms with E-state index in [0.717, 1.165) is 12.1 Å². The lowest BCUT2D eigenvalue weighted by Gasteiger charge is -2.17. The van der Waals surface area contributed by atoms with Crippen molar-refractivity contribution in [3.05, 3.63) is 88.9 Å². The number of carbonyl (C=O) groups excluding carboxylic acids is 2. The van der Waals surface area contributed by atoms with E-state index in [1.165, 1.54) is 5.56 Å². The second kappa shape index (κ2) is 9.01. The van der Waals surface area contributed by atoms with Crippen molar-refractivity contribution in [1.29, 1.82) is 0 Å². The Kier molecular flexibility index (Phi) is 6.00. The van der Waals surface area contributed by atoms with Gasteiger partial charge in [0.15, 0.2) is 0 Å². The third-order valence-electron chi connectivity index (χ3n) is 4.96. The second-order valence-corrected chi connectivity index (χ2v) is 7.45. The van der Waals surface area contributed by atoms with Gasteiger partial charge in [0, 0.05) is 28.5 Å². The number of nitrogens with zero attached hydrogens (tertiary/aromatic N) is 1.